The Morgan fingerprint density at radius 3 is 1.43 bits per heavy atom. The van der Waals surface area contributed by atoms with Gasteiger partial charge in [0.1, 0.15) is 24.8 Å². The summed E-state index contributed by atoms with van der Waals surface area (Å²) in [4.78, 5) is 95.6. The van der Waals surface area contributed by atoms with E-state index in [1.54, 1.807) is 24.3 Å². The Morgan fingerprint density at radius 2 is 1.00 bits per heavy atom. The van der Waals surface area contributed by atoms with E-state index in [0.29, 0.717) is 11.1 Å². The first kappa shape index (κ1) is 45.6. The lowest BCUT2D eigenvalue weighted by molar-refractivity contribution is -0.132. The fourth-order valence-electron chi connectivity index (χ4n) is 4.93. The average molecular weight is 815 g/mol. The summed E-state index contributed by atoms with van der Waals surface area (Å²) < 4.78 is 38.9. The summed E-state index contributed by atoms with van der Waals surface area (Å²) in [6.45, 7) is 3.82. The number of aryl methyl sites for hydroxylation is 2. The molecule has 4 N–H and O–H groups in total. The van der Waals surface area contributed by atoms with Crippen molar-refractivity contribution in [2.45, 2.75) is 119 Å². The number of nitrogens with one attached hydrogen (secondary N) is 4. The van der Waals surface area contributed by atoms with Gasteiger partial charge < -0.3 is 30.7 Å². The molecule has 2 atom stereocenters. The SMILES string of the molecule is C.[2H]CCC(=O)CC[C@H](NC(=O)COCCNC(=O)c1ccc(CC)cc1)C(=O)CC[2H].[2H]CCC(=O)C[C@H](NC(=O)COCCNC(=O)c1ccc(CC)cc1)C(=O)CC[2H]. The molecule has 4 amide bonds. The van der Waals surface area contributed by atoms with E-state index in [9.17, 15) is 38.4 Å². The number of carbonyl (C=O) groups excluding carboxylic acids is 8. The van der Waals surface area contributed by atoms with Gasteiger partial charge in [0.15, 0.2) is 11.6 Å². The van der Waals surface area contributed by atoms with Crippen molar-refractivity contribution in [2.24, 2.45) is 0 Å². The number of benzene rings is 2. The highest BCUT2D eigenvalue weighted by Gasteiger charge is 2.22. The van der Waals surface area contributed by atoms with Crippen LogP contribution in [-0.4, -0.2) is 98.4 Å². The van der Waals surface area contributed by atoms with Gasteiger partial charge in [0.05, 0.1) is 25.3 Å². The summed E-state index contributed by atoms with van der Waals surface area (Å²) in [5, 5.41) is 10.4. The molecule has 58 heavy (non-hydrogen) atoms. The van der Waals surface area contributed by atoms with E-state index in [-0.39, 0.29) is 149 Å². The molecule has 0 aliphatic carbocycles. The molecular weight excluding hydrogens is 745 g/mol. The molecule has 2 rings (SSSR count). The highest BCUT2D eigenvalue weighted by atomic mass is 16.5. The Balaban J connectivity index is 0.00000118. The zero-order valence-corrected chi connectivity index (χ0v) is 33.3. The minimum Gasteiger partial charge on any atom is -0.370 e. The fourth-order valence-corrected chi connectivity index (χ4v) is 4.93. The van der Waals surface area contributed by atoms with Crippen LogP contribution in [0.4, 0.5) is 0 Å². The van der Waals surface area contributed by atoms with Crippen LogP contribution < -0.4 is 21.3 Å². The van der Waals surface area contributed by atoms with Gasteiger partial charge in [0.2, 0.25) is 11.8 Å². The van der Waals surface area contributed by atoms with Crippen molar-refractivity contribution in [3.63, 3.8) is 0 Å². The van der Waals surface area contributed by atoms with Crippen LogP contribution >= 0.6 is 0 Å². The highest BCUT2D eigenvalue weighted by Crippen LogP contribution is 2.07. The van der Waals surface area contributed by atoms with Crippen molar-refractivity contribution in [3.05, 3.63) is 70.8 Å². The van der Waals surface area contributed by atoms with Gasteiger partial charge in [-0.2, -0.15) is 0 Å². The predicted octanol–water partition coefficient (Wildman–Crippen LogP) is 4.68. The summed E-state index contributed by atoms with van der Waals surface area (Å²) in [6, 6.07) is 12.7. The zero-order chi connectivity index (χ0) is 45.4. The topological polar surface area (TPSA) is 203 Å². The van der Waals surface area contributed by atoms with E-state index in [4.69, 9.17) is 15.0 Å². The molecule has 14 nitrogen and oxygen atoms in total. The number of hydrogen-bond acceptors (Lipinski definition) is 10. The van der Waals surface area contributed by atoms with Gasteiger partial charge in [-0.1, -0.05) is 73.1 Å². The summed E-state index contributed by atoms with van der Waals surface area (Å²) >= 11 is 0. The Kier molecular flexibility index (Phi) is 24.4. The molecule has 0 saturated heterocycles. The largest absolute Gasteiger partial charge is 0.370 e. The number of ketones is 4. The van der Waals surface area contributed by atoms with Crippen molar-refractivity contribution in [3.8, 4) is 0 Å². The molecular formula is C44H66N4O10. The third kappa shape index (κ3) is 22.0. The molecule has 0 aliphatic heterocycles. The molecule has 2 aromatic carbocycles. The summed E-state index contributed by atoms with van der Waals surface area (Å²) in [6.07, 6.45) is 1.91. The lowest BCUT2D eigenvalue weighted by atomic mass is 10.0. The molecule has 0 saturated carbocycles. The maximum atomic E-state index is 12.1. The maximum Gasteiger partial charge on any atom is 0.251 e. The molecule has 322 valence electrons. The van der Waals surface area contributed by atoms with Crippen LogP contribution in [0.15, 0.2) is 48.5 Å². The van der Waals surface area contributed by atoms with Gasteiger partial charge in [-0.3, -0.25) is 38.4 Å². The number of Topliss-reactive ketones (excluding diaryl/α,β-unsaturated/α-hetero) is 4. The lowest BCUT2D eigenvalue weighted by Gasteiger charge is -2.16. The van der Waals surface area contributed by atoms with Gasteiger partial charge in [0, 0.05) is 68.2 Å². The first-order valence-electron chi connectivity index (χ1n) is 21.9. The Labute approximate surface area is 350 Å². The van der Waals surface area contributed by atoms with Crippen LogP contribution in [0.2, 0.25) is 0 Å². The summed E-state index contributed by atoms with van der Waals surface area (Å²) in [5.74, 6) is -2.64. The average Bonchev–Trinajstić information content (AvgIpc) is 3.25. The van der Waals surface area contributed by atoms with E-state index in [1.165, 1.54) is 0 Å². The quantitative estimate of drug-likeness (QED) is 0.0918. The van der Waals surface area contributed by atoms with Crippen molar-refractivity contribution >= 4 is 46.8 Å². The van der Waals surface area contributed by atoms with Crippen LogP contribution in [0.25, 0.3) is 0 Å². The van der Waals surface area contributed by atoms with Crippen molar-refractivity contribution in [1.29, 1.82) is 0 Å². The number of ether oxygens (including phenoxy) is 2. The number of carbonyl (C=O) groups is 8. The predicted molar refractivity (Wildman–Crippen MR) is 224 cm³/mol. The van der Waals surface area contributed by atoms with Gasteiger partial charge in [0.25, 0.3) is 11.8 Å². The zero-order valence-electron chi connectivity index (χ0n) is 37.3. The van der Waals surface area contributed by atoms with E-state index < -0.39 is 29.7 Å². The van der Waals surface area contributed by atoms with E-state index >= 15 is 0 Å². The normalized spacial score (nSPS) is 12.2. The fraction of sp³-hybridized carbons (Fsp3) is 0.545. The van der Waals surface area contributed by atoms with Gasteiger partial charge >= 0.3 is 0 Å². The van der Waals surface area contributed by atoms with Gasteiger partial charge in [-0.25, -0.2) is 0 Å². The Morgan fingerprint density at radius 1 is 0.586 bits per heavy atom. The second-order valence-electron chi connectivity index (χ2n) is 12.7. The molecule has 0 aliphatic rings. The van der Waals surface area contributed by atoms with Crippen molar-refractivity contribution < 1.29 is 53.3 Å². The highest BCUT2D eigenvalue weighted by molar-refractivity contribution is 5.95. The van der Waals surface area contributed by atoms with Gasteiger partial charge in [-0.05, 0) is 54.7 Å². The maximum absolute atomic E-state index is 12.1. The molecule has 0 heterocycles. The number of amides is 4. The minimum absolute atomic E-state index is 0. The third-order valence-electron chi connectivity index (χ3n) is 8.42. The van der Waals surface area contributed by atoms with Crippen LogP contribution in [0.5, 0.6) is 0 Å². The Hall–Kier alpha value is -5.08. The lowest BCUT2D eigenvalue weighted by Crippen LogP contribution is -2.43. The second kappa shape index (κ2) is 31.0. The molecule has 0 radical (unpaired) electrons. The molecule has 0 unspecified atom stereocenters. The molecule has 0 aromatic heterocycles. The third-order valence-corrected chi connectivity index (χ3v) is 8.42. The van der Waals surface area contributed by atoms with E-state index in [2.05, 4.69) is 21.3 Å². The van der Waals surface area contributed by atoms with Gasteiger partial charge in [-0.15, -0.1) is 0 Å². The van der Waals surface area contributed by atoms with Crippen LogP contribution in [-0.2, 0) is 51.1 Å². The Bertz CT molecular complexity index is 1680. The standard InChI is InChI=1S/C22H32N2O5.C21H30N2O5.CH4/c1-4-16-7-9-17(10-8-16)22(28)23-13-14-29-15-21(27)24-19(20(26)6-3)12-11-18(25)5-2;1-4-15-7-9-16(10-8-15)21(27)22-11-12-28-14-20(26)23-18(19(25)6-3)13-17(24)5-2;/h7-10,19H,4-6,11-15H2,1-3H3,(H,23,28)(H,24,27);7-10,18H,4-6,11-14H2,1-3H3,(H,22,27)(H,23,26);1H4/t19-;18-;/m00./s1/i2*2D,3D;. The smallest absolute Gasteiger partial charge is 0.251 e. The molecule has 0 bridgehead atoms. The summed E-state index contributed by atoms with van der Waals surface area (Å²) in [5.41, 5.74) is 3.37. The van der Waals surface area contributed by atoms with Crippen molar-refractivity contribution in [2.75, 3.05) is 39.5 Å². The molecule has 0 fully saturated rings. The van der Waals surface area contributed by atoms with Crippen LogP contribution in [0.3, 0.4) is 0 Å². The number of rotatable bonds is 27. The second-order valence-corrected chi connectivity index (χ2v) is 12.7. The monoisotopic (exact) mass is 815 g/mol. The molecule has 14 heteroatoms. The molecule has 0 spiro atoms. The van der Waals surface area contributed by atoms with E-state index in [1.807, 2.05) is 38.1 Å². The first-order valence-corrected chi connectivity index (χ1v) is 19.1. The minimum atomic E-state index is -1.00. The summed E-state index contributed by atoms with van der Waals surface area (Å²) in [7, 11) is 0. The van der Waals surface area contributed by atoms with Crippen LogP contribution in [0.1, 0.15) is 131 Å². The van der Waals surface area contributed by atoms with Crippen molar-refractivity contribution in [1.82, 2.24) is 21.3 Å². The first-order chi connectivity index (χ1) is 29.3. The van der Waals surface area contributed by atoms with Crippen LogP contribution in [0, 0.1) is 0 Å². The number of hydrogen-bond donors (Lipinski definition) is 4. The molecule has 2 aromatic rings. The van der Waals surface area contributed by atoms with E-state index in [0.717, 1.165) is 24.0 Å².